The van der Waals surface area contributed by atoms with Gasteiger partial charge >= 0.3 is 0 Å². The van der Waals surface area contributed by atoms with Crippen LogP contribution in [0.2, 0.25) is 5.02 Å². The molecule has 1 heterocycles. The third-order valence-electron chi connectivity index (χ3n) is 2.48. The molecule has 0 amide bonds. The van der Waals surface area contributed by atoms with Gasteiger partial charge in [-0.1, -0.05) is 22.9 Å². The summed E-state index contributed by atoms with van der Waals surface area (Å²) in [6, 6.07) is 5.82. The van der Waals surface area contributed by atoms with E-state index in [2.05, 4.69) is 31.6 Å². The van der Waals surface area contributed by atoms with E-state index in [1.165, 1.54) is 0 Å². The predicted molar refractivity (Wildman–Crippen MR) is 71.9 cm³/mol. The zero-order valence-electron chi connectivity index (χ0n) is 9.54. The highest BCUT2D eigenvalue weighted by Gasteiger charge is 2.14. The van der Waals surface area contributed by atoms with Gasteiger partial charge in [0.2, 0.25) is 0 Å². The lowest BCUT2D eigenvalue weighted by molar-refractivity contribution is 0.718. The molecule has 0 fully saturated rings. The van der Waals surface area contributed by atoms with Crippen LogP contribution >= 0.6 is 27.5 Å². The lowest BCUT2D eigenvalue weighted by atomic mass is 10.0. The molecule has 0 spiro atoms. The first kappa shape index (κ1) is 12.5. The molecule has 0 saturated heterocycles. The molecule has 0 radical (unpaired) electrons. The van der Waals surface area contributed by atoms with Crippen LogP contribution in [0.25, 0.3) is 11.3 Å². The summed E-state index contributed by atoms with van der Waals surface area (Å²) in [5.41, 5.74) is 3.12. The Morgan fingerprint density at radius 3 is 2.82 bits per heavy atom. The van der Waals surface area contributed by atoms with Gasteiger partial charge in [-0.25, -0.2) is 4.68 Å². The molecule has 0 aliphatic carbocycles. The molecule has 0 unspecified atom stereocenters. The number of hydrogen-bond donors (Lipinski definition) is 1. The van der Waals surface area contributed by atoms with Gasteiger partial charge in [-0.05, 0) is 40.7 Å². The molecule has 2 rings (SSSR count). The minimum absolute atomic E-state index is 0.702. The van der Waals surface area contributed by atoms with Crippen molar-refractivity contribution in [1.29, 1.82) is 0 Å². The molecular formula is C11H12BrClN4. The van der Waals surface area contributed by atoms with E-state index in [9.17, 15) is 0 Å². The van der Waals surface area contributed by atoms with Crippen LogP contribution in [0, 0.1) is 0 Å². The second kappa shape index (κ2) is 5.16. The molecule has 4 nitrogen and oxygen atoms in total. The molecule has 0 aliphatic rings. The van der Waals surface area contributed by atoms with E-state index in [4.69, 9.17) is 11.6 Å². The van der Waals surface area contributed by atoms with Crippen LogP contribution in [0.3, 0.4) is 0 Å². The summed E-state index contributed by atoms with van der Waals surface area (Å²) in [6.07, 6.45) is 0. The lowest BCUT2D eigenvalue weighted by Gasteiger charge is -2.10. The molecule has 2 aromatic rings. The molecule has 0 atom stereocenters. The Labute approximate surface area is 113 Å². The zero-order chi connectivity index (χ0) is 12.4. The van der Waals surface area contributed by atoms with Crippen molar-refractivity contribution >= 4 is 27.5 Å². The third kappa shape index (κ3) is 2.51. The zero-order valence-corrected chi connectivity index (χ0v) is 11.9. The van der Waals surface area contributed by atoms with Gasteiger partial charge in [0, 0.05) is 24.2 Å². The molecule has 0 aliphatic heterocycles. The van der Waals surface area contributed by atoms with Gasteiger partial charge in [-0.15, -0.1) is 5.10 Å². The van der Waals surface area contributed by atoms with Crippen molar-refractivity contribution in [2.24, 2.45) is 7.05 Å². The fourth-order valence-corrected chi connectivity index (χ4v) is 2.44. The van der Waals surface area contributed by atoms with Crippen molar-refractivity contribution in [2.45, 2.75) is 6.54 Å². The van der Waals surface area contributed by atoms with Crippen LogP contribution in [0.5, 0.6) is 0 Å². The van der Waals surface area contributed by atoms with Crippen LogP contribution in [0.4, 0.5) is 0 Å². The van der Waals surface area contributed by atoms with Crippen molar-refractivity contribution in [1.82, 2.24) is 20.3 Å². The van der Waals surface area contributed by atoms with Gasteiger partial charge in [0.1, 0.15) is 5.69 Å². The average Bonchev–Trinajstić information content (AvgIpc) is 2.62. The normalized spacial score (nSPS) is 10.8. The number of benzene rings is 1. The summed E-state index contributed by atoms with van der Waals surface area (Å²) >= 11 is 9.46. The molecule has 1 N–H and O–H groups in total. The number of nitrogens with zero attached hydrogens (tertiary/aromatic N) is 3. The van der Waals surface area contributed by atoms with Crippen LogP contribution in [0.1, 0.15) is 5.56 Å². The highest BCUT2D eigenvalue weighted by atomic mass is 79.9. The maximum Gasteiger partial charge on any atom is 0.156 e. The number of nitrogens with one attached hydrogen (secondary N) is 1. The van der Waals surface area contributed by atoms with Crippen molar-refractivity contribution in [2.75, 3.05) is 7.05 Å². The van der Waals surface area contributed by atoms with Crippen LogP contribution in [-0.2, 0) is 13.6 Å². The van der Waals surface area contributed by atoms with Gasteiger partial charge in [0.15, 0.2) is 4.60 Å². The maximum atomic E-state index is 6.05. The average molecular weight is 316 g/mol. The molecule has 1 aromatic heterocycles. The van der Waals surface area contributed by atoms with E-state index in [1.54, 1.807) is 4.68 Å². The Bertz CT molecular complexity index is 519. The molecule has 6 heteroatoms. The minimum Gasteiger partial charge on any atom is -0.316 e. The Morgan fingerprint density at radius 1 is 1.47 bits per heavy atom. The second-order valence-electron chi connectivity index (χ2n) is 3.68. The van der Waals surface area contributed by atoms with Gasteiger partial charge in [-0.3, -0.25) is 0 Å². The third-order valence-corrected chi connectivity index (χ3v) is 3.25. The summed E-state index contributed by atoms with van der Waals surface area (Å²) in [5.74, 6) is 0. The Morgan fingerprint density at radius 2 is 2.24 bits per heavy atom. The maximum absolute atomic E-state index is 6.05. The number of hydrogen-bond acceptors (Lipinski definition) is 3. The fourth-order valence-electron chi connectivity index (χ4n) is 1.73. The summed E-state index contributed by atoms with van der Waals surface area (Å²) in [7, 11) is 3.77. The van der Waals surface area contributed by atoms with E-state index >= 15 is 0 Å². The molecule has 0 saturated carbocycles. The number of halogens is 2. The highest BCUT2D eigenvalue weighted by Crippen LogP contribution is 2.30. The van der Waals surface area contributed by atoms with Crippen molar-refractivity contribution < 1.29 is 0 Å². The van der Waals surface area contributed by atoms with Crippen LogP contribution < -0.4 is 5.32 Å². The van der Waals surface area contributed by atoms with Gasteiger partial charge in [0.25, 0.3) is 0 Å². The Hall–Kier alpha value is -0.910. The SMILES string of the molecule is CNCc1ccc(Cl)cc1-c1c(Br)nnn1C. The van der Waals surface area contributed by atoms with E-state index in [-0.39, 0.29) is 0 Å². The van der Waals surface area contributed by atoms with Crippen molar-refractivity contribution in [3.8, 4) is 11.3 Å². The second-order valence-corrected chi connectivity index (χ2v) is 4.87. The first-order valence-electron chi connectivity index (χ1n) is 5.12. The summed E-state index contributed by atoms with van der Waals surface area (Å²) in [6.45, 7) is 0.768. The monoisotopic (exact) mass is 314 g/mol. The summed E-state index contributed by atoms with van der Waals surface area (Å²) in [4.78, 5) is 0. The van der Waals surface area contributed by atoms with E-state index in [0.29, 0.717) is 5.02 Å². The summed E-state index contributed by atoms with van der Waals surface area (Å²) in [5, 5.41) is 11.8. The Balaban J connectivity index is 2.60. The molecular weight excluding hydrogens is 304 g/mol. The molecule has 1 aromatic carbocycles. The fraction of sp³-hybridized carbons (Fsp3) is 0.273. The Kier molecular flexibility index (Phi) is 3.81. The van der Waals surface area contributed by atoms with E-state index in [0.717, 1.165) is 28.0 Å². The molecule has 17 heavy (non-hydrogen) atoms. The van der Waals surface area contributed by atoms with Gasteiger partial charge in [0.05, 0.1) is 0 Å². The van der Waals surface area contributed by atoms with Crippen LogP contribution in [-0.4, -0.2) is 22.0 Å². The minimum atomic E-state index is 0.702. The first-order chi connectivity index (χ1) is 8.13. The smallest absolute Gasteiger partial charge is 0.156 e. The topological polar surface area (TPSA) is 42.7 Å². The largest absolute Gasteiger partial charge is 0.316 e. The van der Waals surface area contributed by atoms with Crippen molar-refractivity contribution in [3.05, 3.63) is 33.4 Å². The summed E-state index contributed by atoms with van der Waals surface area (Å²) < 4.78 is 2.45. The lowest BCUT2D eigenvalue weighted by Crippen LogP contribution is -2.07. The van der Waals surface area contributed by atoms with E-state index in [1.807, 2.05) is 32.3 Å². The van der Waals surface area contributed by atoms with E-state index < -0.39 is 0 Å². The number of rotatable bonds is 3. The molecule has 90 valence electrons. The van der Waals surface area contributed by atoms with Gasteiger partial charge in [-0.2, -0.15) is 0 Å². The molecule has 0 bridgehead atoms. The highest BCUT2D eigenvalue weighted by molar-refractivity contribution is 9.10. The number of aromatic nitrogens is 3. The van der Waals surface area contributed by atoms with Gasteiger partial charge < -0.3 is 5.32 Å². The quantitative estimate of drug-likeness (QED) is 0.947. The standard InChI is InChI=1S/C11H12BrClN4/c1-14-6-7-3-4-8(13)5-9(7)10-11(12)15-16-17(10)2/h3-5,14H,6H2,1-2H3. The predicted octanol–water partition coefficient (Wildman–Crippen LogP) is 2.62. The van der Waals surface area contributed by atoms with Crippen molar-refractivity contribution in [3.63, 3.8) is 0 Å². The number of aryl methyl sites for hydroxylation is 1. The first-order valence-corrected chi connectivity index (χ1v) is 6.29. The van der Waals surface area contributed by atoms with Crippen LogP contribution in [0.15, 0.2) is 22.8 Å².